The van der Waals surface area contributed by atoms with E-state index in [0.29, 0.717) is 33.0 Å². The van der Waals surface area contributed by atoms with E-state index < -0.39 is 6.98 Å². The molecule has 1 amide bonds. The van der Waals surface area contributed by atoms with Crippen molar-refractivity contribution in [1.82, 2.24) is 9.55 Å². The standard InChI is InChI=1S/C23H18ClN3O/c1-27-22(16-6-3-2-4-7-16)19(20-8-5-15-25-23(20)27)13-14-21(28)26-18-11-9-17(24)10-12-18/h2-15H,1H3,(H,26,28)/b14-13+/i1D3. The summed E-state index contributed by atoms with van der Waals surface area (Å²) in [5, 5.41) is 3.99. The molecule has 4 rings (SSSR count). The maximum atomic E-state index is 12.5. The highest BCUT2D eigenvalue weighted by molar-refractivity contribution is 6.30. The number of hydrogen-bond donors (Lipinski definition) is 1. The van der Waals surface area contributed by atoms with Crippen molar-refractivity contribution in [3.63, 3.8) is 0 Å². The van der Waals surface area contributed by atoms with Gasteiger partial charge in [-0.2, -0.15) is 0 Å². The zero-order valence-electron chi connectivity index (χ0n) is 17.8. The molecule has 0 unspecified atom stereocenters. The highest BCUT2D eigenvalue weighted by atomic mass is 35.5. The van der Waals surface area contributed by atoms with Gasteiger partial charge in [0.25, 0.3) is 0 Å². The highest BCUT2D eigenvalue weighted by Crippen LogP contribution is 2.33. The van der Waals surface area contributed by atoms with Crippen LogP contribution in [-0.2, 0) is 11.8 Å². The Labute approximate surface area is 172 Å². The van der Waals surface area contributed by atoms with Crippen LogP contribution < -0.4 is 5.32 Å². The Balaban J connectivity index is 1.82. The maximum Gasteiger partial charge on any atom is 0.248 e. The van der Waals surface area contributed by atoms with Gasteiger partial charge < -0.3 is 9.88 Å². The number of aromatic nitrogens is 2. The lowest BCUT2D eigenvalue weighted by Crippen LogP contribution is -2.07. The van der Waals surface area contributed by atoms with Gasteiger partial charge in [0, 0.05) is 45.0 Å². The molecule has 0 bridgehead atoms. The zero-order valence-corrected chi connectivity index (χ0v) is 15.5. The highest BCUT2D eigenvalue weighted by Gasteiger charge is 2.15. The summed E-state index contributed by atoms with van der Waals surface area (Å²) in [6.07, 6.45) is 4.56. The molecule has 0 atom stereocenters. The fourth-order valence-corrected chi connectivity index (χ4v) is 3.19. The van der Waals surface area contributed by atoms with Gasteiger partial charge in [-0.3, -0.25) is 4.79 Å². The summed E-state index contributed by atoms with van der Waals surface area (Å²) in [6.45, 7) is -2.45. The smallest absolute Gasteiger partial charge is 0.248 e. The molecule has 0 spiro atoms. The number of carbonyl (C=O) groups is 1. The molecular formula is C23H18ClN3O. The summed E-state index contributed by atoms with van der Waals surface area (Å²) in [6, 6.07) is 19.5. The lowest BCUT2D eigenvalue weighted by Gasteiger charge is -2.06. The first-order chi connectivity index (χ1) is 14.8. The van der Waals surface area contributed by atoms with Crippen molar-refractivity contribution < 1.29 is 8.91 Å². The van der Waals surface area contributed by atoms with Crippen LogP contribution in [0.3, 0.4) is 0 Å². The molecule has 0 saturated heterocycles. The van der Waals surface area contributed by atoms with E-state index in [1.165, 1.54) is 10.6 Å². The van der Waals surface area contributed by atoms with Gasteiger partial charge in [-0.1, -0.05) is 41.9 Å². The molecule has 28 heavy (non-hydrogen) atoms. The summed E-state index contributed by atoms with van der Waals surface area (Å²) >= 11 is 5.88. The third kappa shape index (κ3) is 3.55. The maximum absolute atomic E-state index is 12.5. The van der Waals surface area contributed by atoms with E-state index in [2.05, 4.69) is 10.3 Å². The van der Waals surface area contributed by atoms with Gasteiger partial charge >= 0.3 is 0 Å². The first kappa shape index (κ1) is 14.7. The molecule has 0 aliphatic rings. The number of aryl methyl sites for hydroxylation is 1. The molecule has 0 aliphatic carbocycles. The predicted octanol–water partition coefficient (Wildman–Crippen LogP) is 5.55. The number of nitrogens with one attached hydrogen (secondary N) is 1. The van der Waals surface area contributed by atoms with Crippen molar-refractivity contribution >= 4 is 40.3 Å². The fourth-order valence-electron chi connectivity index (χ4n) is 3.06. The van der Waals surface area contributed by atoms with Gasteiger partial charge in [0.15, 0.2) is 0 Å². The van der Waals surface area contributed by atoms with Crippen molar-refractivity contribution in [3.8, 4) is 11.3 Å². The van der Waals surface area contributed by atoms with Crippen LogP contribution in [-0.4, -0.2) is 15.5 Å². The quantitative estimate of drug-likeness (QED) is 0.464. The van der Waals surface area contributed by atoms with E-state index in [4.69, 9.17) is 15.7 Å². The number of halogens is 1. The van der Waals surface area contributed by atoms with E-state index in [1.807, 2.05) is 30.3 Å². The van der Waals surface area contributed by atoms with Crippen LogP contribution in [0, 0.1) is 0 Å². The fraction of sp³-hybridized carbons (Fsp3) is 0.0435. The Morgan fingerprint density at radius 3 is 2.64 bits per heavy atom. The third-order valence-corrected chi connectivity index (χ3v) is 4.58. The van der Waals surface area contributed by atoms with Gasteiger partial charge in [-0.05, 0) is 48.0 Å². The number of anilines is 1. The Morgan fingerprint density at radius 1 is 1.11 bits per heavy atom. The van der Waals surface area contributed by atoms with Gasteiger partial charge in [0.05, 0.1) is 5.69 Å². The van der Waals surface area contributed by atoms with Crippen molar-refractivity contribution in [1.29, 1.82) is 0 Å². The second kappa shape index (κ2) is 7.71. The number of carbonyl (C=O) groups excluding carboxylic acids is 1. The third-order valence-electron chi connectivity index (χ3n) is 4.33. The molecule has 0 radical (unpaired) electrons. The average molecular weight is 391 g/mol. The molecule has 2 heterocycles. The molecule has 138 valence electrons. The number of amides is 1. The largest absolute Gasteiger partial charge is 0.328 e. The van der Waals surface area contributed by atoms with Crippen molar-refractivity contribution in [2.24, 2.45) is 6.98 Å². The molecule has 2 aromatic carbocycles. The monoisotopic (exact) mass is 390 g/mol. The van der Waals surface area contributed by atoms with Crippen LogP contribution in [0.15, 0.2) is 79.0 Å². The number of pyridine rings is 1. The van der Waals surface area contributed by atoms with E-state index >= 15 is 0 Å². The minimum Gasteiger partial charge on any atom is -0.328 e. The summed E-state index contributed by atoms with van der Waals surface area (Å²) in [4.78, 5) is 16.8. The molecule has 1 N–H and O–H groups in total. The van der Waals surface area contributed by atoms with Crippen LogP contribution in [0.25, 0.3) is 28.4 Å². The number of fused-ring (bicyclic) bond motifs is 1. The van der Waals surface area contributed by atoms with Gasteiger partial charge in [0.1, 0.15) is 5.65 Å². The van der Waals surface area contributed by atoms with Crippen LogP contribution in [0.4, 0.5) is 5.69 Å². The molecule has 0 saturated carbocycles. The SMILES string of the molecule is [2H]C([2H])([2H])n1c(-c2ccccc2)c(/C=C/C(=O)Nc2ccc(Cl)cc2)c2cccnc21. The first-order valence-corrected chi connectivity index (χ1v) is 9.02. The summed E-state index contributed by atoms with van der Waals surface area (Å²) < 4.78 is 25.5. The second-order valence-electron chi connectivity index (χ2n) is 6.17. The van der Waals surface area contributed by atoms with Crippen LogP contribution in [0.1, 0.15) is 9.68 Å². The molecule has 2 aromatic heterocycles. The van der Waals surface area contributed by atoms with Crippen LogP contribution in [0.5, 0.6) is 0 Å². The van der Waals surface area contributed by atoms with Crippen LogP contribution in [0.2, 0.25) is 5.02 Å². The van der Waals surface area contributed by atoms with E-state index in [9.17, 15) is 4.79 Å². The van der Waals surface area contributed by atoms with Gasteiger partial charge in [-0.25, -0.2) is 4.98 Å². The Bertz CT molecular complexity index is 1260. The minimum atomic E-state index is -2.45. The molecule has 0 fully saturated rings. The summed E-state index contributed by atoms with van der Waals surface area (Å²) in [7, 11) is 0. The van der Waals surface area contributed by atoms with Gasteiger partial charge in [0.2, 0.25) is 5.91 Å². The first-order valence-electron chi connectivity index (χ1n) is 10.1. The van der Waals surface area contributed by atoms with Crippen molar-refractivity contribution in [3.05, 3.63) is 89.6 Å². The topological polar surface area (TPSA) is 46.9 Å². The number of benzene rings is 2. The Kier molecular flexibility index (Phi) is 4.03. The molecule has 4 aromatic rings. The predicted molar refractivity (Wildman–Crippen MR) is 115 cm³/mol. The molecule has 4 nitrogen and oxygen atoms in total. The Hall–Kier alpha value is -3.37. The van der Waals surface area contributed by atoms with Crippen molar-refractivity contribution in [2.45, 2.75) is 0 Å². The van der Waals surface area contributed by atoms with E-state index in [0.717, 1.165) is 5.56 Å². The lowest BCUT2D eigenvalue weighted by atomic mass is 10.1. The Morgan fingerprint density at radius 2 is 1.89 bits per heavy atom. The number of hydrogen-bond acceptors (Lipinski definition) is 2. The van der Waals surface area contributed by atoms with E-state index in [1.54, 1.807) is 48.7 Å². The zero-order chi connectivity index (χ0) is 22.0. The average Bonchev–Trinajstić information content (AvgIpc) is 3.09. The number of rotatable bonds is 4. The van der Waals surface area contributed by atoms with Gasteiger partial charge in [-0.15, -0.1) is 0 Å². The molecular weight excluding hydrogens is 370 g/mol. The summed E-state index contributed by atoms with van der Waals surface area (Å²) in [5.41, 5.74) is 2.74. The molecule has 0 aliphatic heterocycles. The molecule has 5 heteroatoms. The van der Waals surface area contributed by atoms with Crippen LogP contribution >= 0.6 is 11.6 Å². The lowest BCUT2D eigenvalue weighted by molar-refractivity contribution is -0.111. The van der Waals surface area contributed by atoms with E-state index in [-0.39, 0.29) is 5.91 Å². The summed E-state index contributed by atoms with van der Waals surface area (Å²) in [5.74, 6) is -0.347. The second-order valence-corrected chi connectivity index (χ2v) is 6.60. The number of nitrogens with zero attached hydrogens (tertiary/aromatic N) is 2. The minimum absolute atomic E-state index is 0.333. The van der Waals surface area contributed by atoms with Crippen molar-refractivity contribution in [2.75, 3.05) is 5.32 Å². The normalized spacial score (nSPS) is 13.2.